The van der Waals surface area contributed by atoms with Gasteiger partial charge in [0.2, 0.25) is 0 Å². The first-order valence-electron chi connectivity index (χ1n) is 8.45. The molecule has 2 heterocycles. The molecule has 1 N–H and O–H groups in total. The van der Waals surface area contributed by atoms with E-state index in [4.69, 9.17) is 21.7 Å². The number of rotatable bonds is 6. The monoisotopic (exact) mass is 357 g/mol. The lowest BCUT2D eigenvalue weighted by Gasteiger charge is -2.28. The molecule has 0 unspecified atom stereocenters. The number of anilines is 1. The minimum atomic E-state index is 0.229. The molecule has 0 bridgehead atoms. The smallest absolute Gasteiger partial charge is 0.173 e. The third kappa shape index (κ3) is 5.14. The first kappa shape index (κ1) is 17.6. The number of thiocarbonyl (C=S) groups is 1. The molecule has 0 spiro atoms. The van der Waals surface area contributed by atoms with Crippen LogP contribution in [-0.4, -0.2) is 41.4 Å². The molecule has 1 fully saturated rings. The van der Waals surface area contributed by atoms with Crippen molar-refractivity contribution in [2.45, 2.75) is 25.5 Å². The van der Waals surface area contributed by atoms with Gasteiger partial charge in [0.1, 0.15) is 5.75 Å². The number of hydrogen-bond acceptors (Lipinski definition) is 4. The summed E-state index contributed by atoms with van der Waals surface area (Å²) in [6.45, 7) is 2.33. The number of nitrogens with one attached hydrogen (secondary N) is 1. The first-order valence-corrected chi connectivity index (χ1v) is 8.86. The van der Waals surface area contributed by atoms with Crippen molar-refractivity contribution in [2.24, 2.45) is 0 Å². The number of hydrogen-bond donors (Lipinski definition) is 1. The van der Waals surface area contributed by atoms with Gasteiger partial charge in [0.05, 0.1) is 25.1 Å². The van der Waals surface area contributed by atoms with E-state index in [1.165, 1.54) is 5.56 Å². The van der Waals surface area contributed by atoms with E-state index in [0.717, 1.165) is 44.0 Å². The van der Waals surface area contributed by atoms with Gasteiger partial charge < -0.3 is 19.7 Å². The van der Waals surface area contributed by atoms with Crippen LogP contribution in [0.2, 0.25) is 0 Å². The molecule has 0 radical (unpaired) electrons. The number of nitrogens with zero attached hydrogens (tertiary/aromatic N) is 2. The lowest BCUT2D eigenvalue weighted by atomic mass is 10.2. The second kappa shape index (κ2) is 8.78. The van der Waals surface area contributed by atoms with E-state index in [-0.39, 0.29) is 6.10 Å². The minimum absolute atomic E-state index is 0.229. The Morgan fingerprint density at radius 2 is 2.20 bits per heavy atom. The molecular weight excluding hydrogens is 334 g/mol. The Morgan fingerprint density at radius 3 is 2.84 bits per heavy atom. The van der Waals surface area contributed by atoms with E-state index in [0.29, 0.717) is 5.11 Å². The van der Waals surface area contributed by atoms with Gasteiger partial charge in [0, 0.05) is 25.9 Å². The molecule has 3 rings (SSSR count). The van der Waals surface area contributed by atoms with Crippen LogP contribution in [0.25, 0.3) is 0 Å². The molecule has 6 heteroatoms. The quantitative estimate of drug-likeness (QED) is 0.799. The van der Waals surface area contributed by atoms with Crippen LogP contribution in [0.4, 0.5) is 5.69 Å². The number of pyridine rings is 1. The Hall–Kier alpha value is -2.18. The SMILES string of the molecule is COc1ccc(CN(C[C@H]2CCCO2)C(=S)Nc2cccnc2)cc1. The van der Waals surface area contributed by atoms with Gasteiger partial charge in [0.25, 0.3) is 0 Å². The van der Waals surface area contributed by atoms with E-state index in [9.17, 15) is 0 Å². The van der Waals surface area contributed by atoms with Crippen molar-refractivity contribution in [3.05, 3.63) is 54.4 Å². The molecule has 0 saturated carbocycles. The highest BCUT2D eigenvalue weighted by molar-refractivity contribution is 7.80. The normalized spacial score (nSPS) is 16.4. The van der Waals surface area contributed by atoms with Crippen molar-refractivity contribution >= 4 is 23.0 Å². The minimum Gasteiger partial charge on any atom is -0.497 e. The fourth-order valence-corrected chi connectivity index (χ4v) is 3.10. The lowest BCUT2D eigenvalue weighted by Crippen LogP contribution is -2.39. The molecule has 2 aromatic rings. The standard InChI is InChI=1S/C19H23N3O2S/c1-23-17-8-6-15(7-9-17)13-22(14-18-5-3-11-24-18)19(25)21-16-4-2-10-20-12-16/h2,4,6-10,12,18H,3,5,11,13-14H2,1H3,(H,21,25)/t18-/m1/s1. The summed E-state index contributed by atoms with van der Waals surface area (Å²) in [5.74, 6) is 0.852. The van der Waals surface area contributed by atoms with Crippen LogP contribution in [0.1, 0.15) is 18.4 Å². The third-order valence-corrected chi connectivity index (χ3v) is 4.54. The topological polar surface area (TPSA) is 46.6 Å². The number of benzene rings is 1. The zero-order valence-corrected chi connectivity index (χ0v) is 15.2. The summed E-state index contributed by atoms with van der Waals surface area (Å²) < 4.78 is 11.0. The number of methoxy groups -OCH3 is 1. The second-order valence-corrected chi connectivity index (χ2v) is 6.42. The first-order chi connectivity index (χ1) is 12.2. The molecule has 132 valence electrons. The van der Waals surface area contributed by atoms with Crippen LogP contribution in [-0.2, 0) is 11.3 Å². The maximum Gasteiger partial charge on any atom is 0.173 e. The molecule has 5 nitrogen and oxygen atoms in total. The van der Waals surface area contributed by atoms with E-state index in [1.54, 1.807) is 19.5 Å². The Balaban J connectivity index is 1.69. The van der Waals surface area contributed by atoms with Crippen molar-refractivity contribution in [1.82, 2.24) is 9.88 Å². The van der Waals surface area contributed by atoms with Gasteiger partial charge in [-0.3, -0.25) is 4.98 Å². The molecule has 1 atom stereocenters. The molecule has 1 aromatic heterocycles. The highest BCUT2D eigenvalue weighted by atomic mass is 32.1. The zero-order valence-electron chi connectivity index (χ0n) is 14.4. The summed E-state index contributed by atoms with van der Waals surface area (Å²) >= 11 is 5.65. The van der Waals surface area contributed by atoms with Gasteiger partial charge in [0.15, 0.2) is 5.11 Å². The van der Waals surface area contributed by atoms with E-state index < -0.39 is 0 Å². The van der Waals surface area contributed by atoms with Crippen molar-refractivity contribution in [2.75, 3.05) is 25.6 Å². The van der Waals surface area contributed by atoms with Crippen LogP contribution in [0.3, 0.4) is 0 Å². The fourth-order valence-electron chi connectivity index (χ4n) is 2.84. The maximum absolute atomic E-state index is 5.80. The van der Waals surface area contributed by atoms with Gasteiger partial charge in [-0.15, -0.1) is 0 Å². The Bertz CT molecular complexity index is 673. The molecular formula is C19H23N3O2S. The van der Waals surface area contributed by atoms with Gasteiger partial charge >= 0.3 is 0 Å². The van der Waals surface area contributed by atoms with Crippen LogP contribution < -0.4 is 10.1 Å². The number of aromatic nitrogens is 1. The average molecular weight is 357 g/mol. The largest absolute Gasteiger partial charge is 0.497 e. The van der Waals surface area contributed by atoms with Gasteiger partial charge in [-0.05, 0) is 54.9 Å². The molecule has 1 aliphatic rings. The summed E-state index contributed by atoms with van der Waals surface area (Å²) in [5, 5.41) is 3.95. The van der Waals surface area contributed by atoms with Crippen LogP contribution in [0, 0.1) is 0 Å². The van der Waals surface area contributed by atoms with Crippen LogP contribution in [0.15, 0.2) is 48.8 Å². The molecule has 0 amide bonds. The van der Waals surface area contributed by atoms with Crippen molar-refractivity contribution in [3.8, 4) is 5.75 Å². The Labute approximate surface area is 154 Å². The Morgan fingerprint density at radius 1 is 1.36 bits per heavy atom. The molecule has 0 aliphatic carbocycles. The fraction of sp³-hybridized carbons (Fsp3) is 0.368. The molecule has 1 aliphatic heterocycles. The van der Waals surface area contributed by atoms with Crippen molar-refractivity contribution < 1.29 is 9.47 Å². The molecule has 25 heavy (non-hydrogen) atoms. The summed E-state index contributed by atoms with van der Waals surface area (Å²) in [6.07, 6.45) is 5.94. The maximum atomic E-state index is 5.80. The zero-order chi connectivity index (χ0) is 17.5. The average Bonchev–Trinajstić information content (AvgIpc) is 3.16. The highest BCUT2D eigenvalue weighted by Crippen LogP contribution is 2.18. The second-order valence-electron chi connectivity index (χ2n) is 6.04. The van der Waals surface area contributed by atoms with Crippen molar-refractivity contribution in [1.29, 1.82) is 0 Å². The van der Waals surface area contributed by atoms with E-state index in [2.05, 4.69) is 27.3 Å². The van der Waals surface area contributed by atoms with Gasteiger partial charge in [-0.2, -0.15) is 0 Å². The van der Waals surface area contributed by atoms with Gasteiger partial charge in [-0.25, -0.2) is 0 Å². The third-order valence-electron chi connectivity index (χ3n) is 4.18. The highest BCUT2D eigenvalue weighted by Gasteiger charge is 2.21. The summed E-state index contributed by atoms with van der Waals surface area (Å²) in [5.41, 5.74) is 2.06. The lowest BCUT2D eigenvalue weighted by molar-refractivity contribution is 0.0905. The molecule has 1 saturated heterocycles. The van der Waals surface area contributed by atoms with E-state index >= 15 is 0 Å². The summed E-state index contributed by atoms with van der Waals surface area (Å²) in [6, 6.07) is 11.9. The Kier molecular flexibility index (Phi) is 6.19. The summed E-state index contributed by atoms with van der Waals surface area (Å²) in [7, 11) is 1.67. The van der Waals surface area contributed by atoms with Crippen LogP contribution >= 0.6 is 12.2 Å². The van der Waals surface area contributed by atoms with Crippen LogP contribution in [0.5, 0.6) is 5.75 Å². The van der Waals surface area contributed by atoms with Gasteiger partial charge in [-0.1, -0.05) is 12.1 Å². The number of ether oxygens (including phenoxy) is 2. The molecule has 1 aromatic carbocycles. The predicted molar refractivity (Wildman–Crippen MR) is 103 cm³/mol. The van der Waals surface area contributed by atoms with E-state index in [1.807, 2.05) is 24.3 Å². The van der Waals surface area contributed by atoms with Crippen molar-refractivity contribution in [3.63, 3.8) is 0 Å². The summed E-state index contributed by atoms with van der Waals surface area (Å²) in [4.78, 5) is 6.28. The predicted octanol–water partition coefficient (Wildman–Crippen LogP) is 3.47.